The Morgan fingerprint density at radius 2 is 2.09 bits per heavy atom. The molecule has 0 saturated carbocycles. The van der Waals surface area contributed by atoms with Crippen LogP contribution in [0.4, 0.5) is 4.39 Å². The zero-order valence-electron chi connectivity index (χ0n) is 14.2. The molecule has 2 N–H and O–H groups in total. The zero-order chi connectivity index (χ0) is 17.1. The summed E-state index contributed by atoms with van der Waals surface area (Å²) in [5, 5.41) is 12.4. The monoisotopic (exact) mass is 321 g/mol. The Labute approximate surface area is 137 Å². The fourth-order valence-electron chi connectivity index (χ4n) is 2.96. The number of amides is 1. The first-order valence-corrected chi connectivity index (χ1v) is 8.20. The van der Waals surface area contributed by atoms with Crippen LogP contribution >= 0.6 is 0 Å². The molecule has 0 spiro atoms. The third-order valence-corrected chi connectivity index (χ3v) is 4.42. The molecule has 126 valence electrons. The molecule has 1 amide bonds. The molecule has 0 radical (unpaired) electrons. The third kappa shape index (κ3) is 4.12. The van der Waals surface area contributed by atoms with Crippen LogP contribution in [0.2, 0.25) is 0 Å². The average molecular weight is 321 g/mol. The number of rotatable bonds is 6. The van der Waals surface area contributed by atoms with E-state index < -0.39 is 18.8 Å². The first-order chi connectivity index (χ1) is 10.8. The van der Waals surface area contributed by atoms with Gasteiger partial charge in [-0.3, -0.25) is 4.79 Å². The van der Waals surface area contributed by atoms with Gasteiger partial charge >= 0.3 is 7.12 Å². The van der Waals surface area contributed by atoms with Gasteiger partial charge in [-0.2, -0.15) is 0 Å². The van der Waals surface area contributed by atoms with Crippen LogP contribution in [0.15, 0.2) is 12.1 Å². The predicted molar refractivity (Wildman–Crippen MR) is 88.9 cm³/mol. The highest BCUT2D eigenvalue weighted by molar-refractivity contribution is 6.61. The highest BCUT2D eigenvalue weighted by atomic mass is 19.1. The van der Waals surface area contributed by atoms with E-state index in [0.717, 1.165) is 6.42 Å². The second-order valence-corrected chi connectivity index (χ2v) is 7.00. The van der Waals surface area contributed by atoms with Crippen LogP contribution in [-0.2, 0) is 11.3 Å². The summed E-state index contributed by atoms with van der Waals surface area (Å²) in [6.45, 7) is 9.10. The van der Waals surface area contributed by atoms with Gasteiger partial charge in [0.1, 0.15) is 5.82 Å². The topological polar surface area (TPSA) is 58.6 Å². The Morgan fingerprint density at radius 3 is 2.70 bits per heavy atom. The molecular formula is C17H25BFNO3. The van der Waals surface area contributed by atoms with Gasteiger partial charge in [0, 0.05) is 12.1 Å². The van der Waals surface area contributed by atoms with E-state index in [-0.39, 0.29) is 17.7 Å². The molecule has 0 bridgehead atoms. The summed E-state index contributed by atoms with van der Waals surface area (Å²) in [4.78, 5) is 12.3. The molecule has 1 aliphatic heterocycles. The highest BCUT2D eigenvalue weighted by Crippen LogP contribution is 2.21. The quantitative estimate of drug-likeness (QED) is 0.789. The zero-order valence-corrected chi connectivity index (χ0v) is 14.2. The smallest absolute Gasteiger partial charge is 0.423 e. The van der Waals surface area contributed by atoms with Crippen LogP contribution in [0.25, 0.3) is 0 Å². The lowest BCUT2D eigenvalue weighted by molar-refractivity contribution is 0.0936. The normalized spacial score (nSPS) is 15.2. The first-order valence-electron chi connectivity index (χ1n) is 8.20. The lowest BCUT2D eigenvalue weighted by Gasteiger charge is -2.23. The predicted octanol–water partition coefficient (Wildman–Crippen LogP) is 2.09. The average Bonchev–Trinajstić information content (AvgIpc) is 2.85. The van der Waals surface area contributed by atoms with Gasteiger partial charge in [0.15, 0.2) is 0 Å². The van der Waals surface area contributed by atoms with E-state index in [9.17, 15) is 14.2 Å². The van der Waals surface area contributed by atoms with E-state index in [1.54, 1.807) is 6.07 Å². The summed E-state index contributed by atoms with van der Waals surface area (Å²) < 4.78 is 19.4. The summed E-state index contributed by atoms with van der Waals surface area (Å²) in [6.07, 6.45) is 1.02. The third-order valence-electron chi connectivity index (χ3n) is 4.42. The molecule has 1 aromatic rings. The second-order valence-electron chi connectivity index (χ2n) is 7.00. The number of carbonyl (C=O) groups excluding carboxylic acids is 1. The number of hydrogen-bond donors (Lipinski definition) is 2. The summed E-state index contributed by atoms with van der Waals surface area (Å²) in [6, 6.07) is 2.97. The van der Waals surface area contributed by atoms with Crippen molar-refractivity contribution in [3.8, 4) is 0 Å². The van der Waals surface area contributed by atoms with Crippen molar-refractivity contribution >= 4 is 18.5 Å². The molecule has 0 aromatic heterocycles. The van der Waals surface area contributed by atoms with Crippen LogP contribution in [0, 0.1) is 23.6 Å². The summed E-state index contributed by atoms with van der Waals surface area (Å²) >= 11 is 0. The number of benzene rings is 1. The Balaban J connectivity index is 2.07. The maximum atomic E-state index is 14.4. The molecule has 0 aliphatic carbocycles. The maximum absolute atomic E-state index is 14.4. The second kappa shape index (κ2) is 7.45. The lowest BCUT2D eigenvalue weighted by atomic mass is 9.79. The van der Waals surface area contributed by atoms with Gasteiger partial charge in [-0.1, -0.05) is 33.8 Å². The minimum atomic E-state index is -1.10. The molecule has 2 rings (SSSR count). The van der Waals surface area contributed by atoms with Gasteiger partial charge in [-0.25, -0.2) is 4.39 Å². The van der Waals surface area contributed by atoms with Gasteiger partial charge in [0.25, 0.3) is 5.91 Å². The number of hydrogen-bond acceptors (Lipinski definition) is 3. The van der Waals surface area contributed by atoms with Gasteiger partial charge in [0.05, 0.1) is 12.2 Å². The van der Waals surface area contributed by atoms with Gasteiger partial charge < -0.3 is 15.0 Å². The van der Waals surface area contributed by atoms with Crippen LogP contribution in [-0.4, -0.2) is 24.6 Å². The molecule has 23 heavy (non-hydrogen) atoms. The van der Waals surface area contributed by atoms with Crippen molar-refractivity contribution in [2.75, 3.05) is 6.54 Å². The van der Waals surface area contributed by atoms with Gasteiger partial charge in [-0.15, -0.1) is 0 Å². The Kier molecular flexibility index (Phi) is 5.81. The molecule has 1 atom stereocenters. The van der Waals surface area contributed by atoms with Crippen molar-refractivity contribution in [3.63, 3.8) is 0 Å². The SMILES string of the molecule is CC(C)CC(CNC(=O)c1ccc2c(c1F)COB2O)C(C)C. The van der Waals surface area contributed by atoms with Crippen molar-refractivity contribution in [1.82, 2.24) is 5.32 Å². The summed E-state index contributed by atoms with van der Waals surface area (Å²) in [5.74, 6) is 0.352. The number of fused-ring (bicyclic) bond motifs is 1. The molecule has 0 fully saturated rings. The Morgan fingerprint density at radius 1 is 1.39 bits per heavy atom. The van der Waals surface area contributed by atoms with E-state index in [4.69, 9.17) is 4.65 Å². The molecule has 1 aromatic carbocycles. The number of halogens is 1. The molecule has 4 nitrogen and oxygen atoms in total. The minimum Gasteiger partial charge on any atom is -0.423 e. The molecule has 6 heteroatoms. The summed E-state index contributed by atoms with van der Waals surface area (Å²) in [7, 11) is -1.10. The standard InChI is InChI=1S/C17H25BFNO3/c1-10(2)7-12(11(3)4)8-20-17(21)13-5-6-15-14(16(13)19)9-23-18(15)22/h5-6,10-12,22H,7-9H2,1-4H3,(H,20,21). The van der Waals surface area contributed by atoms with Gasteiger partial charge in [-0.05, 0) is 35.7 Å². The molecule has 1 aliphatic rings. The Hall–Kier alpha value is -1.40. The van der Waals surface area contributed by atoms with E-state index in [2.05, 4.69) is 33.0 Å². The van der Waals surface area contributed by atoms with Crippen LogP contribution in [0.1, 0.15) is 50.0 Å². The minimum absolute atomic E-state index is 0.00787. The first kappa shape index (κ1) is 18.0. The van der Waals surface area contributed by atoms with Crippen molar-refractivity contribution in [3.05, 3.63) is 29.1 Å². The molecule has 0 saturated heterocycles. The van der Waals surface area contributed by atoms with Crippen LogP contribution in [0.3, 0.4) is 0 Å². The lowest BCUT2D eigenvalue weighted by Crippen LogP contribution is -2.34. The highest BCUT2D eigenvalue weighted by Gasteiger charge is 2.31. The fraction of sp³-hybridized carbons (Fsp3) is 0.588. The molecule has 1 unspecified atom stereocenters. The number of nitrogens with one attached hydrogen (secondary N) is 1. The number of carbonyl (C=O) groups is 1. The van der Waals surface area contributed by atoms with Crippen molar-refractivity contribution in [2.45, 2.75) is 40.7 Å². The van der Waals surface area contributed by atoms with Crippen LogP contribution in [0.5, 0.6) is 0 Å². The van der Waals surface area contributed by atoms with Crippen molar-refractivity contribution in [2.24, 2.45) is 17.8 Å². The summed E-state index contributed by atoms with van der Waals surface area (Å²) in [5.41, 5.74) is 0.681. The largest absolute Gasteiger partial charge is 0.491 e. The van der Waals surface area contributed by atoms with E-state index in [0.29, 0.717) is 29.8 Å². The van der Waals surface area contributed by atoms with E-state index in [1.807, 2.05) is 0 Å². The van der Waals surface area contributed by atoms with E-state index in [1.165, 1.54) is 6.07 Å². The molecular weight excluding hydrogens is 296 g/mol. The van der Waals surface area contributed by atoms with Crippen molar-refractivity contribution < 1.29 is 18.9 Å². The fourth-order valence-corrected chi connectivity index (χ4v) is 2.96. The Bertz CT molecular complexity index is 577. The van der Waals surface area contributed by atoms with Gasteiger partial charge in [0.2, 0.25) is 0 Å². The van der Waals surface area contributed by atoms with E-state index >= 15 is 0 Å². The van der Waals surface area contributed by atoms with Crippen molar-refractivity contribution in [1.29, 1.82) is 0 Å². The van der Waals surface area contributed by atoms with Crippen LogP contribution < -0.4 is 10.8 Å². The maximum Gasteiger partial charge on any atom is 0.491 e. The molecule has 1 heterocycles.